The summed E-state index contributed by atoms with van der Waals surface area (Å²) in [6.07, 6.45) is -0.776. The molecule has 0 aliphatic rings. The summed E-state index contributed by atoms with van der Waals surface area (Å²) in [5.41, 5.74) is 10.8. The summed E-state index contributed by atoms with van der Waals surface area (Å²) >= 11 is 0. The Bertz CT molecular complexity index is 715. The number of hydrogen-bond acceptors (Lipinski definition) is 8. The summed E-state index contributed by atoms with van der Waals surface area (Å²) in [6.45, 7) is 2.43. The van der Waals surface area contributed by atoms with Crippen LogP contribution in [0.5, 0.6) is 0 Å². The normalized spacial score (nSPS) is 15.4. The molecule has 0 aromatic heterocycles. The van der Waals surface area contributed by atoms with Gasteiger partial charge in [0, 0.05) is 6.42 Å². The lowest BCUT2D eigenvalue weighted by atomic mass is 9.97. The number of carboxylic acid groups (broad SMARTS) is 2. The standard InChI is InChI=1S/C18H31N5O9/c1-3-8(2)14(23-15(28)9(19)4-5-13(26)27)17(30)21-10(6-12(20)25)16(29)22-11(7-24)18(31)32/h8-11,14,24H,3-7,19H2,1-2H3,(H2,20,25)(H,21,30)(H,22,29)(H,23,28)(H,26,27)(H,31,32). The third kappa shape index (κ3) is 10.2. The van der Waals surface area contributed by atoms with Crippen LogP contribution >= 0.6 is 0 Å². The number of rotatable bonds is 15. The molecule has 0 rings (SSSR count). The zero-order valence-electron chi connectivity index (χ0n) is 17.9. The van der Waals surface area contributed by atoms with Crippen LogP contribution in [0.15, 0.2) is 0 Å². The lowest BCUT2D eigenvalue weighted by Gasteiger charge is -2.27. The van der Waals surface area contributed by atoms with Crippen LogP contribution in [0.4, 0.5) is 0 Å². The molecular formula is C18H31N5O9. The van der Waals surface area contributed by atoms with Crippen molar-refractivity contribution in [1.82, 2.24) is 16.0 Å². The Labute approximate surface area is 184 Å². The minimum atomic E-state index is -1.67. The van der Waals surface area contributed by atoms with Gasteiger partial charge in [0.15, 0.2) is 0 Å². The average molecular weight is 461 g/mol. The summed E-state index contributed by atoms with van der Waals surface area (Å²) in [6, 6.07) is -5.64. The first-order valence-corrected chi connectivity index (χ1v) is 9.84. The minimum absolute atomic E-state index is 0.166. The smallest absolute Gasteiger partial charge is 0.328 e. The molecule has 5 atom stereocenters. The third-order valence-electron chi connectivity index (χ3n) is 4.63. The van der Waals surface area contributed by atoms with Crippen LogP contribution in [-0.4, -0.2) is 81.7 Å². The van der Waals surface area contributed by atoms with E-state index in [-0.39, 0.29) is 12.8 Å². The van der Waals surface area contributed by atoms with Crippen molar-refractivity contribution in [3.63, 3.8) is 0 Å². The summed E-state index contributed by atoms with van der Waals surface area (Å²) in [7, 11) is 0. The number of aliphatic hydroxyl groups is 1. The van der Waals surface area contributed by atoms with E-state index in [4.69, 9.17) is 26.8 Å². The molecule has 0 aliphatic carbocycles. The number of carboxylic acids is 2. The fourth-order valence-corrected chi connectivity index (χ4v) is 2.50. The number of amides is 4. The van der Waals surface area contributed by atoms with E-state index in [0.29, 0.717) is 6.42 Å². The summed E-state index contributed by atoms with van der Waals surface area (Å²) in [4.78, 5) is 70.4. The Balaban J connectivity index is 5.46. The Morgan fingerprint density at radius 1 is 0.906 bits per heavy atom. The highest BCUT2D eigenvalue weighted by atomic mass is 16.4. The van der Waals surface area contributed by atoms with E-state index in [0.717, 1.165) is 0 Å². The van der Waals surface area contributed by atoms with Crippen LogP contribution in [0.1, 0.15) is 39.5 Å². The average Bonchev–Trinajstić information content (AvgIpc) is 2.71. The monoisotopic (exact) mass is 461 g/mol. The molecule has 0 saturated heterocycles. The maximum Gasteiger partial charge on any atom is 0.328 e. The highest BCUT2D eigenvalue weighted by Crippen LogP contribution is 2.10. The Morgan fingerprint density at radius 3 is 1.91 bits per heavy atom. The number of aliphatic carboxylic acids is 2. The maximum absolute atomic E-state index is 12.8. The molecule has 0 aromatic carbocycles. The SMILES string of the molecule is CCC(C)C(NC(=O)C(N)CCC(=O)O)C(=O)NC(CC(N)=O)C(=O)NC(CO)C(=O)O. The molecular weight excluding hydrogens is 430 g/mol. The quantitative estimate of drug-likeness (QED) is 0.120. The Kier molecular flexibility index (Phi) is 12.5. The van der Waals surface area contributed by atoms with Crippen LogP contribution in [0.25, 0.3) is 0 Å². The van der Waals surface area contributed by atoms with Gasteiger partial charge in [0.25, 0.3) is 0 Å². The molecule has 0 radical (unpaired) electrons. The number of carbonyl (C=O) groups is 6. The number of nitrogens with one attached hydrogen (secondary N) is 3. The van der Waals surface area contributed by atoms with Crippen LogP contribution < -0.4 is 27.4 Å². The van der Waals surface area contributed by atoms with Gasteiger partial charge in [-0.25, -0.2) is 4.79 Å². The molecule has 4 amide bonds. The van der Waals surface area contributed by atoms with Crippen LogP contribution in [-0.2, 0) is 28.8 Å². The van der Waals surface area contributed by atoms with Gasteiger partial charge in [-0.05, 0) is 12.3 Å². The van der Waals surface area contributed by atoms with Gasteiger partial charge in [-0.1, -0.05) is 20.3 Å². The highest BCUT2D eigenvalue weighted by molar-refractivity contribution is 5.96. The number of nitrogens with two attached hydrogens (primary N) is 2. The van der Waals surface area contributed by atoms with Crippen molar-refractivity contribution in [3.8, 4) is 0 Å². The highest BCUT2D eigenvalue weighted by Gasteiger charge is 2.33. The molecule has 10 N–H and O–H groups in total. The summed E-state index contributed by atoms with van der Waals surface area (Å²) in [5, 5.41) is 33.3. The first-order chi connectivity index (χ1) is 14.8. The fraction of sp³-hybridized carbons (Fsp3) is 0.667. The van der Waals surface area contributed by atoms with Crippen LogP contribution in [0, 0.1) is 5.92 Å². The van der Waals surface area contributed by atoms with E-state index in [1.54, 1.807) is 13.8 Å². The lowest BCUT2D eigenvalue weighted by molar-refractivity contribution is -0.143. The van der Waals surface area contributed by atoms with Crippen molar-refractivity contribution in [1.29, 1.82) is 0 Å². The predicted molar refractivity (Wildman–Crippen MR) is 109 cm³/mol. The van der Waals surface area contributed by atoms with Gasteiger partial charge in [-0.15, -0.1) is 0 Å². The second-order valence-corrected chi connectivity index (χ2v) is 7.22. The van der Waals surface area contributed by atoms with Gasteiger partial charge in [0.05, 0.1) is 19.1 Å². The molecule has 0 spiro atoms. The molecule has 0 heterocycles. The van der Waals surface area contributed by atoms with Crippen LogP contribution in [0.2, 0.25) is 0 Å². The van der Waals surface area contributed by atoms with E-state index < -0.39 is 78.7 Å². The van der Waals surface area contributed by atoms with Crippen molar-refractivity contribution in [2.75, 3.05) is 6.61 Å². The zero-order chi connectivity index (χ0) is 25.0. The van der Waals surface area contributed by atoms with Gasteiger partial charge in [-0.3, -0.25) is 24.0 Å². The van der Waals surface area contributed by atoms with Gasteiger partial charge in [0.1, 0.15) is 18.1 Å². The fourth-order valence-electron chi connectivity index (χ4n) is 2.50. The van der Waals surface area contributed by atoms with Gasteiger partial charge in [-0.2, -0.15) is 0 Å². The molecule has 14 heteroatoms. The first kappa shape index (κ1) is 28.7. The molecule has 182 valence electrons. The van der Waals surface area contributed by atoms with Crippen molar-refractivity contribution < 1.29 is 44.1 Å². The van der Waals surface area contributed by atoms with Crippen molar-refractivity contribution >= 4 is 35.6 Å². The van der Waals surface area contributed by atoms with Gasteiger partial charge < -0.3 is 42.7 Å². The predicted octanol–water partition coefficient (Wildman–Crippen LogP) is -3.37. The number of aliphatic hydroxyl groups excluding tert-OH is 1. The molecule has 0 aromatic rings. The van der Waals surface area contributed by atoms with Gasteiger partial charge >= 0.3 is 11.9 Å². The Morgan fingerprint density at radius 2 is 1.47 bits per heavy atom. The van der Waals surface area contributed by atoms with Crippen LogP contribution in [0.3, 0.4) is 0 Å². The Hall–Kier alpha value is -3.26. The molecule has 32 heavy (non-hydrogen) atoms. The number of hydrogen-bond donors (Lipinski definition) is 8. The van der Waals surface area contributed by atoms with E-state index in [1.807, 2.05) is 5.32 Å². The van der Waals surface area contributed by atoms with Gasteiger partial charge in [0.2, 0.25) is 23.6 Å². The van der Waals surface area contributed by atoms with E-state index in [1.165, 1.54) is 0 Å². The zero-order valence-corrected chi connectivity index (χ0v) is 17.9. The lowest BCUT2D eigenvalue weighted by Crippen LogP contribution is -2.59. The molecule has 14 nitrogen and oxygen atoms in total. The minimum Gasteiger partial charge on any atom is -0.481 e. The van der Waals surface area contributed by atoms with Crippen molar-refractivity contribution in [2.24, 2.45) is 17.4 Å². The molecule has 0 aliphatic heterocycles. The maximum atomic E-state index is 12.8. The summed E-state index contributed by atoms with van der Waals surface area (Å²) < 4.78 is 0. The number of primary amides is 1. The second kappa shape index (κ2) is 13.9. The van der Waals surface area contributed by atoms with Crippen molar-refractivity contribution in [2.45, 2.75) is 63.7 Å². The largest absolute Gasteiger partial charge is 0.481 e. The summed E-state index contributed by atoms with van der Waals surface area (Å²) in [5.74, 6) is -6.83. The van der Waals surface area contributed by atoms with E-state index in [9.17, 15) is 28.8 Å². The van der Waals surface area contributed by atoms with E-state index >= 15 is 0 Å². The molecule has 5 unspecified atom stereocenters. The second-order valence-electron chi connectivity index (χ2n) is 7.22. The number of carbonyl (C=O) groups excluding carboxylic acids is 4. The third-order valence-corrected chi connectivity index (χ3v) is 4.63. The van der Waals surface area contributed by atoms with E-state index in [2.05, 4.69) is 10.6 Å². The first-order valence-electron chi connectivity index (χ1n) is 9.84. The molecule has 0 bridgehead atoms. The topological polar surface area (TPSA) is 251 Å². The molecule has 0 fully saturated rings. The molecule has 0 saturated carbocycles. The van der Waals surface area contributed by atoms with Crippen molar-refractivity contribution in [3.05, 3.63) is 0 Å².